The number of nitrogens with two attached hydrogens (primary N) is 1. The first-order chi connectivity index (χ1) is 10.3. The van der Waals surface area contributed by atoms with Gasteiger partial charge >= 0.3 is 0 Å². The van der Waals surface area contributed by atoms with Crippen molar-refractivity contribution in [2.45, 2.75) is 6.04 Å². The molecule has 106 valence electrons. The maximum Gasteiger partial charge on any atom is 0.128 e. The third-order valence-electron chi connectivity index (χ3n) is 3.18. The minimum Gasteiger partial charge on any atom is -0.271 e. The van der Waals surface area contributed by atoms with Crippen molar-refractivity contribution in [3.05, 3.63) is 77.9 Å². The number of aromatic nitrogens is 3. The highest BCUT2D eigenvalue weighted by Gasteiger charge is 2.19. The molecule has 1 unspecified atom stereocenters. The van der Waals surface area contributed by atoms with Gasteiger partial charge in [0.05, 0.1) is 17.9 Å². The van der Waals surface area contributed by atoms with Gasteiger partial charge in [0.15, 0.2) is 0 Å². The molecule has 6 heteroatoms. The van der Waals surface area contributed by atoms with Crippen LogP contribution < -0.4 is 11.3 Å². The normalized spacial score (nSPS) is 12.3. The number of halogens is 1. The summed E-state index contributed by atoms with van der Waals surface area (Å²) < 4.78 is 13.9. The summed E-state index contributed by atoms with van der Waals surface area (Å²) in [6.07, 6.45) is 1.57. The molecule has 3 N–H and O–H groups in total. The van der Waals surface area contributed by atoms with E-state index < -0.39 is 6.04 Å². The Morgan fingerprint density at radius 1 is 1.05 bits per heavy atom. The molecule has 3 rings (SSSR count). The van der Waals surface area contributed by atoms with Crippen LogP contribution >= 0.6 is 0 Å². The maximum absolute atomic E-state index is 13.9. The van der Waals surface area contributed by atoms with E-state index in [0.29, 0.717) is 11.3 Å². The third-order valence-corrected chi connectivity index (χ3v) is 3.18. The van der Waals surface area contributed by atoms with Crippen LogP contribution in [0, 0.1) is 5.82 Å². The smallest absolute Gasteiger partial charge is 0.128 e. The van der Waals surface area contributed by atoms with E-state index in [4.69, 9.17) is 5.84 Å². The van der Waals surface area contributed by atoms with Crippen molar-refractivity contribution in [2.24, 2.45) is 5.84 Å². The first kappa shape index (κ1) is 13.4. The standard InChI is InChI=1S/C15H14FN5/c16-13-9-5-4-8-12(13)15(19-17)14-10-18-21(20-14)11-6-2-1-3-7-11/h1-10,15,19H,17H2. The van der Waals surface area contributed by atoms with E-state index in [1.165, 1.54) is 10.9 Å². The van der Waals surface area contributed by atoms with Crippen LogP contribution in [-0.4, -0.2) is 15.0 Å². The largest absolute Gasteiger partial charge is 0.271 e. The van der Waals surface area contributed by atoms with Crippen molar-refractivity contribution in [1.29, 1.82) is 0 Å². The van der Waals surface area contributed by atoms with Crippen molar-refractivity contribution in [1.82, 2.24) is 20.4 Å². The van der Waals surface area contributed by atoms with Crippen molar-refractivity contribution in [2.75, 3.05) is 0 Å². The zero-order chi connectivity index (χ0) is 14.7. The number of nitrogens with one attached hydrogen (secondary N) is 1. The summed E-state index contributed by atoms with van der Waals surface area (Å²) in [6, 6.07) is 15.4. The summed E-state index contributed by atoms with van der Waals surface area (Å²) in [5, 5.41) is 8.56. The molecule has 1 heterocycles. The highest BCUT2D eigenvalue weighted by atomic mass is 19.1. The molecule has 0 bridgehead atoms. The van der Waals surface area contributed by atoms with Gasteiger partial charge in [0.1, 0.15) is 11.5 Å². The first-order valence-corrected chi connectivity index (χ1v) is 6.48. The monoisotopic (exact) mass is 283 g/mol. The van der Waals surface area contributed by atoms with Crippen molar-refractivity contribution >= 4 is 0 Å². The lowest BCUT2D eigenvalue weighted by molar-refractivity contribution is 0.549. The fraction of sp³-hybridized carbons (Fsp3) is 0.0667. The molecular weight excluding hydrogens is 269 g/mol. The van der Waals surface area contributed by atoms with Gasteiger partial charge in [0.25, 0.3) is 0 Å². The fourth-order valence-corrected chi connectivity index (χ4v) is 2.14. The zero-order valence-corrected chi connectivity index (χ0v) is 11.1. The topological polar surface area (TPSA) is 68.8 Å². The summed E-state index contributed by atoms with van der Waals surface area (Å²) in [5.74, 6) is 5.22. The van der Waals surface area contributed by atoms with E-state index in [2.05, 4.69) is 15.6 Å². The fourth-order valence-electron chi connectivity index (χ4n) is 2.14. The highest BCUT2D eigenvalue weighted by Crippen LogP contribution is 2.22. The van der Waals surface area contributed by atoms with Crippen molar-refractivity contribution in [3.63, 3.8) is 0 Å². The van der Waals surface area contributed by atoms with Crippen LogP contribution in [0.25, 0.3) is 5.69 Å². The lowest BCUT2D eigenvalue weighted by Gasteiger charge is -2.14. The molecule has 2 aromatic carbocycles. The Balaban J connectivity index is 1.96. The predicted molar refractivity (Wildman–Crippen MR) is 76.9 cm³/mol. The first-order valence-electron chi connectivity index (χ1n) is 6.48. The van der Waals surface area contributed by atoms with Gasteiger partial charge < -0.3 is 0 Å². The average molecular weight is 283 g/mol. The Labute approximate surface area is 121 Å². The summed E-state index contributed by atoms with van der Waals surface area (Å²) in [7, 11) is 0. The van der Waals surface area contributed by atoms with Gasteiger partial charge in [-0.15, -0.1) is 0 Å². The Hall–Kier alpha value is -2.57. The summed E-state index contributed by atoms with van der Waals surface area (Å²) in [4.78, 5) is 1.49. The molecule has 21 heavy (non-hydrogen) atoms. The number of hydrazine groups is 1. The predicted octanol–water partition coefficient (Wildman–Crippen LogP) is 1.96. The summed E-state index contributed by atoms with van der Waals surface area (Å²) >= 11 is 0. The maximum atomic E-state index is 13.9. The van der Waals surface area contributed by atoms with E-state index in [1.807, 2.05) is 30.3 Å². The minimum absolute atomic E-state index is 0.338. The van der Waals surface area contributed by atoms with Crippen LogP contribution in [0.3, 0.4) is 0 Å². The quantitative estimate of drug-likeness (QED) is 0.567. The van der Waals surface area contributed by atoms with E-state index >= 15 is 0 Å². The Bertz CT molecular complexity index is 726. The number of hydrogen-bond donors (Lipinski definition) is 2. The lowest BCUT2D eigenvalue weighted by Crippen LogP contribution is -2.30. The van der Waals surface area contributed by atoms with Crippen molar-refractivity contribution in [3.8, 4) is 5.69 Å². The van der Waals surface area contributed by atoms with Gasteiger partial charge in [0.2, 0.25) is 0 Å². The van der Waals surface area contributed by atoms with Crippen molar-refractivity contribution < 1.29 is 4.39 Å². The van der Waals surface area contributed by atoms with Gasteiger partial charge in [-0.05, 0) is 18.2 Å². The zero-order valence-electron chi connectivity index (χ0n) is 11.1. The van der Waals surface area contributed by atoms with Crippen LogP contribution in [-0.2, 0) is 0 Å². The number of benzene rings is 2. The highest BCUT2D eigenvalue weighted by molar-refractivity contribution is 5.31. The molecule has 0 saturated heterocycles. The second-order valence-electron chi connectivity index (χ2n) is 4.52. The molecule has 0 spiro atoms. The second kappa shape index (κ2) is 5.82. The summed E-state index contributed by atoms with van der Waals surface area (Å²) in [6.45, 7) is 0. The molecule has 3 aromatic rings. The van der Waals surface area contributed by atoms with Gasteiger partial charge in [-0.25, -0.2) is 9.82 Å². The Morgan fingerprint density at radius 3 is 2.48 bits per heavy atom. The molecule has 0 aliphatic carbocycles. The molecule has 0 aliphatic rings. The van der Waals surface area contributed by atoms with E-state index in [9.17, 15) is 4.39 Å². The minimum atomic E-state index is -0.552. The van der Waals surface area contributed by atoms with E-state index in [0.717, 1.165) is 5.69 Å². The average Bonchev–Trinajstić information content (AvgIpc) is 3.00. The van der Waals surface area contributed by atoms with E-state index in [-0.39, 0.29) is 5.82 Å². The van der Waals surface area contributed by atoms with Crippen LogP contribution in [0.1, 0.15) is 17.3 Å². The Morgan fingerprint density at radius 2 is 1.76 bits per heavy atom. The van der Waals surface area contributed by atoms with Gasteiger partial charge in [-0.1, -0.05) is 36.4 Å². The number of nitrogens with zero attached hydrogens (tertiary/aromatic N) is 3. The molecule has 1 aromatic heterocycles. The number of rotatable bonds is 4. The van der Waals surface area contributed by atoms with E-state index in [1.54, 1.807) is 24.4 Å². The number of para-hydroxylation sites is 1. The van der Waals surface area contributed by atoms with Crippen LogP contribution in [0.15, 0.2) is 60.8 Å². The van der Waals surface area contributed by atoms with Gasteiger partial charge in [-0.3, -0.25) is 5.84 Å². The number of hydrogen-bond acceptors (Lipinski definition) is 4. The molecule has 0 fully saturated rings. The molecule has 0 saturated carbocycles. The molecular formula is C15H14FN5. The molecule has 1 atom stereocenters. The molecule has 5 nitrogen and oxygen atoms in total. The van der Waals surface area contributed by atoms with Gasteiger partial charge in [0, 0.05) is 5.56 Å². The SMILES string of the molecule is NNC(c1cnn(-c2ccccc2)n1)c1ccccc1F. The van der Waals surface area contributed by atoms with Gasteiger partial charge in [-0.2, -0.15) is 15.0 Å². The second-order valence-corrected chi connectivity index (χ2v) is 4.52. The molecule has 0 radical (unpaired) electrons. The Kier molecular flexibility index (Phi) is 3.72. The summed E-state index contributed by atoms with van der Waals surface area (Å²) in [5.41, 5.74) is 4.39. The lowest BCUT2D eigenvalue weighted by atomic mass is 10.0. The van der Waals surface area contributed by atoms with Crippen LogP contribution in [0.4, 0.5) is 4.39 Å². The van der Waals surface area contributed by atoms with Crippen LogP contribution in [0.5, 0.6) is 0 Å². The molecule has 0 amide bonds. The van der Waals surface area contributed by atoms with Crippen LogP contribution in [0.2, 0.25) is 0 Å². The molecule has 0 aliphatic heterocycles. The third kappa shape index (κ3) is 2.67.